The fourth-order valence-corrected chi connectivity index (χ4v) is 23.3. The Bertz CT molecular complexity index is 5280. The van der Waals surface area contributed by atoms with Gasteiger partial charge in [0, 0.05) is 72.7 Å². The molecule has 4 saturated carbocycles. The van der Waals surface area contributed by atoms with Crippen LogP contribution in [0.3, 0.4) is 0 Å². The van der Waals surface area contributed by atoms with Crippen molar-refractivity contribution in [1.82, 2.24) is 0 Å². The van der Waals surface area contributed by atoms with Gasteiger partial charge in [-0.3, -0.25) is 0 Å². The molecule has 0 N–H and O–H groups in total. The van der Waals surface area contributed by atoms with Crippen LogP contribution in [0.1, 0.15) is 192 Å². The number of hydrogen-bond donors (Lipinski definition) is 0. The summed E-state index contributed by atoms with van der Waals surface area (Å²) < 4.78 is 10.3. The minimum Gasteiger partial charge on any atom is -0.0622 e. The van der Waals surface area contributed by atoms with Gasteiger partial charge in [-0.1, -0.05) is 392 Å². The Morgan fingerprint density at radius 1 is 0.162 bits per heavy atom. The molecule has 19 rings (SSSR count). The highest BCUT2D eigenvalue weighted by atomic mass is 79.9. The van der Waals surface area contributed by atoms with Gasteiger partial charge in [-0.25, -0.2) is 0 Å². The van der Waals surface area contributed by atoms with Crippen LogP contribution in [0, 0.1) is 0 Å². The third-order valence-corrected chi connectivity index (χ3v) is 31.9. The zero-order chi connectivity index (χ0) is 80.6. The van der Waals surface area contributed by atoms with Gasteiger partial charge in [0.05, 0.1) is 0 Å². The molecule has 0 amide bonds. The van der Waals surface area contributed by atoms with E-state index < -0.39 is 0 Å². The molecule has 1 spiro atoms. The van der Waals surface area contributed by atoms with Crippen molar-refractivity contribution in [3.05, 3.63) is 476 Å². The van der Waals surface area contributed by atoms with E-state index in [1.807, 2.05) is 0 Å². The Kier molecular flexibility index (Phi) is 26.9. The lowest BCUT2D eigenvalue weighted by atomic mass is 9.55. The summed E-state index contributed by atoms with van der Waals surface area (Å²) in [4.78, 5) is 0. The number of fused-ring (bicyclic) bond motifs is 5. The van der Waals surface area contributed by atoms with Crippen molar-refractivity contribution in [2.75, 3.05) is 0 Å². The Hall–Kier alpha value is -6.60. The molecule has 0 aromatic heterocycles. The van der Waals surface area contributed by atoms with E-state index in [0.717, 1.165) is 116 Å². The van der Waals surface area contributed by atoms with E-state index in [-0.39, 0.29) is 32.5 Å². The van der Waals surface area contributed by atoms with Crippen LogP contribution < -0.4 is 0 Å². The third-order valence-electron chi connectivity index (χ3n) is 27.2. The molecule has 14 aromatic rings. The summed E-state index contributed by atoms with van der Waals surface area (Å²) in [5.74, 6) is 1.49. The van der Waals surface area contributed by atoms with Crippen molar-refractivity contribution in [3.63, 3.8) is 0 Å². The van der Waals surface area contributed by atoms with Gasteiger partial charge in [-0.15, -0.1) is 0 Å². The Morgan fingerprint density at radius 2 is 0.350 bits per heavy atom. The lowest BCUT2D eigenvalue weighted by Gasteiger charge is -2.48. The normalized spacial score (nSPS) is 19.8. The van der Waals surface area contributed by atoms with E-state index in [0.29, 0.717) is 0 Å². The molecule has 0 bridgehead atoms. The lowest BCUT2D eigenvalue weighted by molar-refractivity contribution is 0.257. The number of halogens is 9. The van der Waals surface area contributed by atoms with Gasteiger partial charge < -0.3 is 0 Å². The van der Waals surface area contributed by atoms with Crippen LogP contribution >= 0.6 is 143 Å². The molecule has 0 heterocycles. The predicted molar refractivity (Wildman–Crippen MR) is 523 cm³/mol. The summed E-state index contributed by atoms with van der Waals surface area (Å²) in [5, 5.41) is 0. The fraction of sp³-hybridized carbons (Fsp3) is 0.222. The number of hydrogen-bond acceptors (Lipinski definition) is 0. The van der Waals surface area contributed by atoms with Gasteiger partial charge in [-0.05, 0) is 313 Å². The Labute approximate surface area is 769 Å². The third kappa shape index (κ3) is 17.9. The van der Waals surface area contributed by atoms with Crippen LogP contribution in [0.4, 0.5) is 0 Å². The highest BCUT2D eigenvalue weighted by Gasteiger charge is 2.52. The Morgan fingerprint density at radius 3 is 0.598 bits per heavy atom. The molecule has 0 nitrogen and oxygen atoms in total. The first-order valence-corrected chi connectivity index (χ1v) is 48.3. The average Bonchev–Trinajstić information content (AvgIpc) is 1.59. The first kappa shape index (κ1) is 84.0. The van der Waals surface area contributed by atoms with E-state index in [2.05, 4.69) is 501 Å². The molecule has 0 saturated heterocycles. The molecule has 9 heteroatoms. The highest BCUT2D eigenvalue weighted by molar-refractivity contribution is 9.12. The van der Waals surface area contributed by atoms with Gasteiger partial charge in [-0.2, -0.15) is 0 Å². The summed E-state index contributed by atoms with van der Waals surface area (Å²) in [7, 11) is 0. The molecule has 5 aliphatic carbocycles. The summed E-state index contributed by atoms with van der Waals surface area (Å²) in [6, 6.07) is 132. The zero-order valence-electron chi connectivity index (χ0n) is 65.4. The molecule has 0 radical (unpaired) electrons. The van der Waals surface area contributed by atoms with E-state index in [1.165, 1.54) is 128 Å². The van der Waals surface area contributed by atoms with Gasteiger partial charge >= 0.3 is 0 Å². The van der Waals surface area contributed by atoms with E-state index in [1.54, 1.807) is 0 Å². The van der Waals surface area contributed by atoms with Gasteiger partial charge in [0.15, 0.2) is 0 Å². The summed E-state index contributed by atoms with van der Waals surface area (Å²) in [6.07, 6.45) is 18.7. The first-order valence-electron chi connectivity index (χ1n) is 41.2. The standard InChI is InChI=1S/C30H23Br3.2C30H26Br2.C18H18Br2/c31-22-9-5-20(6-10-22)29(21-7-11-23(32)12-8-21)15-17-30(18-16-29)27-4-2-1-3-25(27)26-14-13-24(33)19-28(26)30;31-27-15-11-25(12-16-27)29(23-7-3-1-4-8-23)19-21-30(22-20-29,24-9-5-2-6-10-24)26-13-17-28(32)18-14-26;31-27-15-11-25(12-16-27)30(26-13-17-28(32)18-14-26)21-19-29(20-22-30,23-7-3-1-4-8-23)24-9-5-2-6-10-24;19-17-9-5-15(6-10-17)13-1-2-14(4-3-13)16-7-11-18(20)12-8-16/h1-14,19H,15-18H2;2*1-18H,19-22H2;5-14H,1-4H2. The molecular formula is C108H93Br9. The van der Waals surface area contributed by atoms with Crippen molar-refractivity contribution < 1.29 is 0 Å². The van der Waals surface area contributed by atoms with Crippen molar-refractivity contribution >= 4 is 143 Å². The molecule has 0 unspecified atom stereocenters. The smallest absolute Gasteiger partial charge is 0.0216 e. The summed E-state index contributed by atoms with van der Waals surface area (Å²) >= 11 is 32.6. The Balaban J connectivity index is 0.000000119. The zero-order valence-corrected chi connectivity index (χ0v) is 79.7. The molecule has 14 aromatic carbocycles. The second-order valence-electron chi connectivity index (χ2n) is 32.9. The monoisotopic (exact) mass is 2100 g/mol. The van der Waals surface area contributed by atoms with E-state index >= 15 is 0 Å². The number of benzene rings is 14. The van der Waals surface area contributed by atoms with Gasteiger partial charge in [0.1, 0.15) is 0 Å². The second kappa shape index (κ2) is 37.4. The SMILES string of the molecule is Brc1ccc(C2(c3ccc(Br)cc3)CCC(c3ccccc3)(c3ccccc3)CC2)cc1.Brc1ccc(C2(c3ccc(Br)cc3)CCC3(CC2)c2ccccc2-c2ccc(Br)cc23)cc1.Brc1ccc(C2(c3ccccc3)CCC(c3ccccc3)(c3ccc(Br)cc3)CC2)cc1.Brc1ccc(C2CCC(c3ccc(Br)cc3)CC2)cc1. The molecule has 0 atom stereocenters. The minimum atomic E-state index is 0.0223. The lowest BCUT2D eigenvalue weighted by Crippen LogP contribution is -2.41. The van der Waals surface area contributed by atoms with Crippen molar-refractivity contribution in [1.29, 1.82) is 0 Å². The van der Waals surface area contributed by atoms with Crippen LogP contribution in [0.25, 0.3) is 11.1 Å². The maximum atomic E-state index is 3.76. The molecule has 117 heavy (non-hydrogen) atoms. The first-order chi connectivity index (χ1) is 57.0. The summed E-state index contributed by atoms with van der Waals surface area (Å²) in [5.41, 5.74) is 23.3. The van der Waals surface area contributed by atoms with E-state index in [4.69, 9.17) is 0 Å². The average molecular weight is 2110 g/mol. The molecular weight excluding hydrogens is 2020 g/mol. The molecule has 5 aliphatic rings. The number of rotatable bonds is 12. The van der Waals surface area contributed by atoms with Crippen molar-refractivity contribution in [3.8, 4) is 11.1 Å². The fourth-order valence-electron chi connectivity index (χ4n) is 20.9. The van der Waals surface area contributed by atoms with Crippen LogP contribution in [-0.4, -0.2) is 0 Å². The molecule has 0 aliphatic heterocycles. The van der Waals surface area contributed by atoms with Gasteiger partial charge in [0.2, 0.25) is 0 Å². The topological polar surface area (TPSA) is 0 Å². The van der Waals surface area contributed by atoms with Crippen molar-refractivity contribution in [2.24, 2.45) is 0 Å². The largest absolute Gasteiger partial charge is 0.0622 e. The quantitative estimate of drug-likeness (QED) is 0.114. The molecule has 588 valence electrons. The van der Waals surface area contributed by atoms with Gasteiger partial charge in [0.25, 0.3) is 0 Å². The maximum absolute atomic E-state index is 3.76. The maximum Gasteiger partial charge on any atom is 0.0216 e. The van der Waals surface area contributed by atoms with Crippen LogP contribution in [0.5, 0.6) is 0 Å². The van der Waals surface area contributed by atoms with Crippen molar-refractivity contribution in [2.45, 2.75) is 147 Å². The van der Waals surface area contributed by atoms with E-state index in [9.17, 15) is 0 Å². The minimum absolute atomic E-state index is 0.0223. The molecule has 4 fully saturated rings. The predicted octanol–water partition coefficient (Wildman–Crippen LogP) is 34.6. The highest BCUT2D eigenvalue weighted by Crippen LogP contribution is 2.62. The second-order valence-corrected chi connectivity index (χ2v) is 41.1. The van der Waals surface area contributed by atoms with Crippen LogP contribution in [-0.2, 0) is 32.5 Å². The summed E-state index contributed by atoms with van der Waals surface area (Å²) in [6.45, 7) is 0. The van der Waals surface area contributed by atoms with Crippen LogP contribution in [0.2, 0.25) is 0 Å². The van der Waals surface area contributed by atoms with Crippen LogP contribution in [0.15, 0.2) is 398 Å².